The van der Waals surface area contributed by atoms with Gasteiger partial charge in [0.2, 0.25) is 4.80 Å². The van der Waals surface area contributed by atoms with E-state index in [-0.39, 0.29) is 0 Å². The van der Waals surface area contributed by atoms with Crippen LogP contribution >= 0.6 is 11.3 Å². The van der Waals surface area contributed by atoms with Crippen LogP contribution < -0.4 is 4.80 Å². The van der Waals surface area contributed by atoms with Gasteiger partial charge in [0.05, 0.1) is 24.0 Å². The third-order valence-corrected chi connectivity index (χ3v) is 4.52. The molecule has 3 nitrogen and oxygen atoms in total. The SMILES string of the molecule is C=CCN=c1scc(-c2ccccc2)n1N=Cc1ccc(C(F)(F)F)cc1. The molecule has 0 saturated heterocycles. The molecule has 1 aromatic heterocycles. The Kier molecular flexibility index (Phi) is 5.71. The number of rotatable bonds is 5. The molecule has 0 amide bonds. The zero-order valence-corrected chi connectivity index (χ0v) is 15.0. The van der Waals surface area contributed by atoms with Crippen molar-refractivity contribution in [2.75, 3.05) is 6.54 Å². The zero-order valence-electron chi connectivity index (χ0n) is 14.2. The van der Waals surface area contributed by atoms with Gasteiger partial charge in [-0.2, -0.15) is 18.3 Å². The van der Waals surface area contributed by atoms with Crippen molar-refractivity contribution in [3.8, 4) is 11.3 Å². The molecular formula is C20H16F3N3S. The van der Waals surface area contributed by atoms with Gasteiger partial charge in [0.15, 0.2) is 0 Å². The standard InChI is InChI=1S/C20H16F3N3S/c1-2-12-24-19-26(18(14-27-19)16-6-4-3-5-7-16)25-13-15-8-10-17(11-9-15)20(21,22)23/h2-11,13-14H,1,12H2. The smallest absolute Gasteiger partial charge is 0.253 e. The summed E-state index contributed by atoms with van der Waals surface area (Å²) in [4.78, 5) is 5.11. The summed E-state index contributed by atoms with van der Waals surface area (Å²) in [5.41, 5.74) is 1.70. The van der Waals surface area contributed by atoms with E-state index in [0.29, 0.717) is 16.9 Å². The number of hydrogen-bond acceptors (Lipinski definition) is 3. The van der Waals surface area contributed by atoms with E-state index >= 15 is 0 Å². The highest BCUT2D eigenvalue weighted by Gasteiger charge is 2.29. The Morgan fingerprint density at radius 2 is 1.74 bits per heavy atom. The van der Waals surface area contributed by atoms with Crippen LogP contribution in [0.25, 0.3) is 11.3 Å². The second-order valence-electron chi connectivity index (χ2n) is 5.58. The monoisotopic (exact) mass is 387 g/mol. The lowest BCUT2D eigenvalue weighted by Crippen LogP contribution is -2.12. The lowest BCUT2D eigenvalue weighted by Gasteiger charge is -2.06. The summed E-state index contributed by atoms with van der Waals surface area (Å²) < 4.78 is 39.7. The van der Waals surface area contributed by atoms with Gasteiger partial charge in [-0.1, -0.05) is 48.5 Å². The van der Waals surface area contributed by atoms with Crippen LogP contribution in [0.15, 0.2) is 82.7 Å². The molecule has 0 aliphatic rings. The molecule has 0 aliphatic heterocycles. The summed E-state index contributed by atoms with van der Waals surface area (Å²) in [7, 11) is 0. The quantitative estimate of drug-likeness (QED) is 0.425. The van der Waals surface area contributed by atoms with Crippen LogP contribution in [0.3, 0.4) is 0 Å². The molecule has 0 radical (unpaired) electrons. The van der Waals surface area contributed by atoms with Crippen molar-refractivity contribution in [1.82, 2.24) is 4.68 Å². The van der Waals surface area contributed by atoms with Gasteiger partial charge in [0.25, 0.3) is 0 Å². The first-order valence-electron chi connectivity index (χ1n) is 8.08. The second-order valence-corrected chi connectivity index (χ2v) is 6.41. The molecule has 0 fully saturated rings. The minimum Gasteiger partial charge on any atom is -0.253 e. The van der Waals surface area contributed by atoms with E-state index in [1.165, 1.54) is 29.7 Å². The van der Waals surface area contributed by atoms with Crippen LogP contribution in [0.5, 0.6) is 0 Å². The molecule has 0 N–H and O–H groups in total. The number of alkyl halides is 3. The molecule has 2 aromatic carbocycles. The Morgan fingerprint density at radius 3 is 2.37 bits per heavy atom. The maximum absolute atomic E-state index is 12.7. The van der Waals surface area contributed by atoms with Crippen LogP contribution in [-0.2, 0) is 6.18 Å². The molecule has 3 aromatic rings. The van der Waals surface area contributed by atoms with E-state index in [1.807, 2.05) is 35.7 Å². The number of hydrogen-bond donors (Lipinski definition) is 0. The number of thiazole rings is 1. The molecule has 7 heteroatoms. The Morgan fingerprint density at radius 1 is 1.04 bits per heavy atom. The molecule has 0 atom stereocenters. The van der Waals surface area contributed by atoms with Gasteiger partial charge in [-0.05, 0) is 17.7 Å². The van der Waals surface area contributed by atoms with Crippen molar-refractivity contribution in [3.63, 3.8) is 0 Å². The summed E-state index contributed by atoms with van der Waals surface area (Å²) in [5, 5.41) is 6.40. The fraction of sp³-hybridized carbons (Fsp3) is 0.100. The topological polar surface area (TPSA) is 29.6 Å². The normalized spacial score (nSPS) is 12.6. The largest absolute Gasteiger partial charge is 0.416 e. The lowest BCUT2D eigenvalue weighted by atomic mass is 10.1. The van der Waals surface area contributed by atoms with E-state index < -0.39 is 11.7 Å². The number of benzene rings is 2. The first-order chi connectivity index (χ1) is 13.0. The number of aromatic nitrogens is 1. The van der Waals surface area contributed by atoms with Gasteiger partial charge in [0, 0.05) is 10.9 Å². The average molecular weight is 387 g/mol. The summed E-state index contributed by atoms with van der Waals surface area (Å²) in [5.74, 6) is 0. The minimum atomic E-state index is -4.35. The summed E-state index contributed by atoms with van der Waals surface area (Å²) in [6.45, 7) is 4.11. The van der Waals surface area contributed by atoms with Gasteiger partial charge < -0.3 is 0 Å². The molecule has 0 unspecified atom stereocenters. The van der Waals surface area contributed by atoms with Crippen molar-refractivity contribution in [1.29, 1.82) is 0 Å². The first-order valence-corrected chi connectivity index (χ1v) is 8.96. The zero-order chi connectivity index (χ0) is 19.3. The van der Waals surface area contributed by atoms with Crippen LogP contribution in [0, 0.1) is 0 Å². The first kappa shape index (κ1) is 18.8. The molecule has 0 aliphatic carbocycles. The Labute approximate surface area is 158 Å². The van der Waals surface area contributed by atoms with Crippen molar-refractivity contribution < 1.29 is 13.2 Å². The Balaban J connectivity index is 1.98. The number of nitrogens with zero attached hydrogens (tertiary/aromatic N) is 3. The highest BCUT2D eigenvalue weighted by molar-refractivity contribution is 7.07. The van der Waals surface area contributed by atoms with Gasteiger partial charge >= 0.3 is 6.18 Å². The van der Waals surface area contributed by atoms with Gasteiger partial charge in [0.1, 0.15) is 0 Å². The van der Waals surface area contributed by atoms with E-state index in [4.69, 9.17) is 0 Å². The molecule has 0 saturated carbocycles. The van der Waals surface area contributed by atoms with Gasteiger partial charge in [-0.15, -0.1) is 17.9 Å². The average Bonchev–Trinajstić information content (AvgIpc) is 3.07. The predicted octanol–water partition coefficient (Wildman–Crippen LogP) is 5.20. The van der Waals surface area contributed by atoms with Crippen molar-refractivity contribution >= 4 is 17.6 Å². The molecule has 27 heavy (non-hydrogen) atoms. The van der Waals surface area contributed by atoms with E-state index in [2.05, 4.69) is 16.7 Å². The predicted molar refractivity (Wildman–Crippen MR) is 103 cm³/mol. The number of halogens is 3. The molecule has 0 spiro atoms. The van der Waals surface area contributed by atoms with Crippen LogP contribution in [0.1, 0.15) is 11.1 Å². The Hall–Kier alpha value is -2.93. The van der Waals surface area contributed by atoms with E-state index in [9.17, 15) is 13.2 Å². The van der Waals surface area contributed by atoms with Crippen molar-refractivity contribution in [2.24, 2.45) is 10.1 Å². The van der Waals surface area contributed by atoms with E-state index in [0.717, 1.165) is 23.4 Å². The molecule has 138 valence electrons. The van der Waals surface area contributed by atoms with Gasteiger partial charge in [-0.3, -0.25) is 4.99 Å². The highest BCUT2D eigenvalue weighted by atomic mass is 32.1. The minimum absolute atomic E-state index is 0.449. The third kappa shape index (κ3) is 4.62. The Bertz CT molecular complexity index is 997. The molecular weight excluding hydrogens is 371 g/mol. The van der Waals surface area contributed by atoms with Gasteiger partial charge in [-0.25, -0.2) is 4.68 Å². The molecule has 1 heterocycles. The maximum atomic E-state index is 12.7. The van der Waals surface area contributed by atoms with Crippen LogP contribution in [-0.4, -0.2) is 17.4 Å². The summed E-state index contributed by atoms with van der Waals surface area (Å²) in [6, 6.07) is 14.6. The van der Waals surface area contributed by atoms with Crippen molar-refractivity contribution in [3.05, 3.63) is 88.6 Å². The maximum Gasteiger partial charge on any atom is 0.416 e. The molecule has 3 rings (SSSR count). The third-order valence-electron chi connectivity index (χ3n) is 3.67. The second kappa shape index (κ2) is 8.18. The van der Waals surface area contributed by atoms with Crippen molar-refractivity contribution in [2.45, 2.75) is 6.18 Å². The van der Waals surface area contributed by atoms with Crippen LogP contribution in [0.2, 0.25) is 0 Å². The van der Waals surface area contributed by atoms with Crippen LogP contribution in [0.4, 0.5) is 13.2 Å². The summed E-state index contributed by atoms with van der Waals surface area (Å²) >= 11 is 1.44. The fourth-order valence-electron chi connectivity index (χ4n) is 2.35. The van der Waals surface area contributed by atoms with E-state index in [1.54, 1.807) is 10.8 Å². The summed E-state index contributed by atoms with van der Waals surface area (Å²) in [6.07, 6.45) is -1.15. The highest BCUT2D eigenvalue weighted by Crippen LogP contribution is 2.29. The molecule has 0 bridgehead atoms. The lowest BCUT2D eigenvalue weighted by molar-refractivity contribution is -0.137. The fourth-order valence-corrected chi connectivity index (χ4v) is 3.20.